The Kier molecular flexibility index (Phi) is 1.35. The van der Waals surface area contributed by atoms with Gasteiger partial charge in [0.25, 0.3) is 0 Å². The van der Waals surface area contributed by atoms with Gasteiger partial charge in [0.1, 0.15) is 11.4 Å². The fourth-order valence-electron chi connectivity index (χ4n) is 1.80. The van der Waals surface area contributed by atoms with Crippen molar-refractivity contribution in [1.82, 2.24) is 0 Å². The summed E-state index contributed by atoms with van der Waals surface area (Å²) in [5.74, 6) is -0.226. The van der Waals surface area contributed by atoms with Crippen LogP contribution < -0.4 is 5.73 Å². The molecule has 14 heavy (non-hydrogen) atoms. The maximum atomic E-state index is 13.9. The lowest BCUT2D eigenvalue weighted by Crippen LogP contribution is -2.20. The Balaban J connectivity index is 2.30. The van der Waals surface area contributed by atoms with E-state index in [2.05, 4.69) is 0 Å². The lowest BCUT2D eigenvalue weighted by atomic mass is 10.0. The van der Waals surface area contributed by atoms with Gasteiger partial charge < -0.3 is 10.2 Å². The molecule has 2 aromatic rings. The molecule has 72 valence electrons. The number of fused-ring (bicyclic) bond motifs is 1. The molecule has 0 spiro atoms. The van der Waals surface area contributed by atoms with Crippen LogP contribution in [-0.2, 0) is 5.54 Å². The number of halogens is 1. The molecule has 1 fully saturated rings. The smallest absolute Gasteiger partial charge is 0.139 e. The van der Waals surface area contributed by atoms with Gasteiger partial charge in [-0.2, -0.15) is 0 Å². The lowest BCUT2D eigenvalue weighted by Gasteiger charge is -2.10. The average molecular weight is 191 g/mol. The Morgan fingerprint density at radius 3 is 2.79 bits per heavy atom. The van der Waals surface area contributed by atoms with Crippen LogP contribution in [-0.4, -0.2) is 0 Å². The second-order valence-electron chi connectivity index (χ2n) is 3.92. The van der Waals surface area contributed by atoms with Gasteiger partial charge in [-0.25, -0.2) is 4.39 Å². The second-order valence-corrected chi connectivity index (χ2v) is 3.92. The summed E-state index contributed by atoms with van der Waals surface area (Å²) in [7, 11) is 0. The van der Waals surface area contributed by atoms with Gasteiger partial charge in [-0.1, -0.05) is 6.07 Å². The molecule has 1 aromatic heterocycles. The zero-order valence-corrected chi connectivity index (χ0v) is 7.59. The van der Waals surface area contributed by atoms with Crippen molar-refractivity contribution < 1.29 is 8.81 Å². The normalized spacial score (nSPS) is 18.7. The minimum Gasteiger partial charge on any atom is -0.464 e. The van der Waals surface area contributed by atoms with Crippen molar-refractivity contribution in [2.75, 3.05) is 0 Å². The molecule has 0 radical (unpaired) electrons. The number of benzene rings is 1. The van der Waals surface area contributed by atoms with Crippen molar-refractivity contribution in [3.8, 4) is 0 Å². The largest absolute Gasteiger partial charge is 0.464 e. The molecule has 1 saturated carbocycles. The van der Waals surface area contributed by atoms with Gasteiger partial charge in [-0.05, 0) is 25.0 Å². The summed E-state index contributed by atoms with van der Waals surface area (Å²) >= 11 is 0. The van der Waals surface area contributed by atoms with Crippen LogP contribution >= 0.6 is 0 Å². The Bertz CT molecular complexity index is 499. The first-order valence-corrected chi connectivity index (χ1v) is 4.66. The maximum absolute atomic E-state index is 13.9. The molecule has 3 heteroatoms. The molecule has 2 nitrogen and oxygen atoms in total. The Labute approximate surface area is 80.5 Å². The van der Waals surface area contributed by atoms with Crippen LogP contribution in [0.4, 0.5) is 4.39 Å². The SMILES string of the molecule is NC1(c2ccc3occc3c2F)CC1. The number of rotatable bonds is 1. The van der Waals surface area contributed by atoms with Gasteiger partial charge in [0, 0.05) is 11.1 Å². The predicted octanol–water partition coefficient (Wildman–Crippen LogP) is 2.52. The van der Waals surface area contributed by atoms with E-state index in [9.17, 15) is 4.39 Å². The van der Waals surface area contributed by atoms with Crippen LogP contribution in [0.3, 0.4) is 0 Å². The summed E-state index contributed by atoms with van der Waals surface area (Å²) in [6.45, 7) is 0. The van der Waals surface area contributed by atoms with E-state index >= 15 is 0 Å². The highest BCUT2D eigenvalue weighted by atomic mass is 19.1. The highest BCUT2D eigenvalue weighted by molar-refractivity contribution is 5.79. The van der Waals surface area contributed by atoms with Gasteiger partial charge in [0.15, 0.2) is 0 Å². The molecular formula is C11H10FNO. The second kappa shape index (κ2) is 2.36. The molecule has 2 N–H and O–H groups in total. The third kappa shape index (κ3) is 0.930. The van der Waals surface area contributed by atoms with Crippen LogP contribution in [0.2, 0.25) is 0 Å². The van der Waals surface area contributed by atoms with E-state index in [1.807, 2.05) is 0 Å². The molecule has 0 saturated heterocycles. The fraction of sp³-hybridized carbons (Fsp3) is 0.273. The lowest BCUT2D eigenvalue weighted by molar-refractivity contribution is 0.583. The summed E-state index contributed by atoms with van der Waals surface area (Å²) in [5.41, 5.74) is 6.73. The number of nitrogens with two attached hydrogens (primary N) is 1. The summed E-state index contributed by atoms with van der Waals surface area (Å²) in [6, 6.07) is 5.15. The quantitative estimate of drug-likeness (QED) is 0.752. The first kappa shape index (κ1) is 8.00. The van der Waals surface area contributed by atoms with Crippen LogP contribution in [0.5, 0.6) is 0 Å². The molecule has 1 aliphatic rings. The zero-order valence-electron chi connectivity index (χ0n) is 7.59. The third-order valence-electron chi connectivity index (χ3n) is 2.89. The fourth-order valence-corrected chi connectivity index (χ4v) is 1.80. The summed E-state index contributed by atoms with van der Waals surface area (Å²) in [5, 5.41) is 0.527. The number of furan rings is 1. The van der Waals surface area contributed by atoms with Crippen LogP contribution in [0.15, 0.2) is 28.9 Å². The van der Waals surface area contributed by atoms with Crippen molar-refractivity contribution in [3.05, 3.63) is 35.8 Å². The maximum Gasteiger partial charge on any atom is 0.139 e. The van der Waals surface area contributed by atoms with E-state index < -0.39 is 5.54 Å². The Morgan fingerprint density at radius 2 is 2.07 bits per heavy atom. The minimum absolute atomic E-state index is 0.226. The van der Waals surface area contributed by atoms with Crippen LogP contribution in [0.1, 0.15) is 18.4 Å². The molecule has 0 unspecified atom stereocenters. The molecule has 0 bridgehead atoms. The van der Waals surface area contributed by atoms with E-state index in [1.54, 1.807) is 18.2 Å². The standard InChI is InChI=1S/C11H10FNO/c12-10-7-3-6-14-9(7)2-1-8(10)11(13)4-5-11/h1-3,6H,4-5,13H2. The molecule has 0 aliphatic heterocycles. The summed E-state index contributed by atoms with van der Waals surface area (Å²) < 4.78 is 19.0. The van der Waals surface area contributed by atoms with E-state index in [0.29, 0.717) is 16.5 Å². The molecule has 0 atom stereocenters. The van der Waals surface area contributed by atoms with Crippen LogP contribution in [0, 0.1) is 5.82 Å². The molecule has 1 aromatic carbocycles. The Morgan fingerprint density at radius 1 is 1.29 bits per heavy atom. The molecule has 3 rings (SSSR count). The zero-order chi connectivity index (χ0) is 9.76. The highest BCUT2D eigenvalue weighted by Crippen LogP contribution is 2.44. The van der Waals surface area contributed by atoms with Gasteiger partial charge in [0.2, 0.25) is 0 Å². The van der Waals surface area contributed by atoms with E-state index in [1.165, 1.54) is 6.26 Å². The number of hydrogen-bond donors (Lipinski definition) is 1. The molecule has 1 aliphatic carbocycles. The topological polar surface area (TPSA) is 39.2 Å². The molecular weight excluding hydrogens is 181 g/mol. The van der Waals surface area contributed by atoms with Gasteiger partial charge in [-0.15, -0.1) is 0 Å². The van der Waals surface area contributed by atoms with Crippen molar-refractivity contribution in [2.45, 2.75) is 18.4 Å². The van der Waals surface area contributed by atoms with Crippen molar-refractivity contribution in [2.24, 2.45) is 5.73 Å². The third-order valence-corrected chi connectivity index (χ3v) is 2.89. The van der Waals surface area contributed by atoms with Gasteiger partial charge in [-0.3, -0.25) is 0 Å². The predicted molar refractivity (Wildman–Crippen MR) is 51.3 cm³/mol. The summed E-state index contributed by atoms with van der Waals surface area (Å²) in [6.07, 6.45) is 3.23. The van der Waals surface area contributed by atoms with Crippen molar-refractivity contribution in [1.29, 1.82) is 0 Å². The summed E-state index contributed by atoms with van der Waals surface area (Å²) in [4.78, 5) is 0. The first-order chi connectivity index (χ1) is 6.71. The monoisotopic (exact) mass is 191 g/mol. The molecule has 1 heterocycles. The molecule has 0 amide bonds. The van der Waals surface area contributed by atoms with Gasteiger partial charge in [0.05, 0.1) is 11.6 Å². The highest BCUT2D eigenvalue weighted by Gasteiger charge is 2.42. The average Bonchev–Trinajstić information content (AvgIpc) is 2.75. The van der Waals surface area contributed by atoms with Gasteiger partial charge >= 0.3 is 0 Å². The Hall–Kier alpha value is -1.35. The van der Waals surface area contributed by atoms with E-state index in [0.717, 1.165) is 12.8 Å². The number of hydrogen-bond acceptors (Lipinski definition) is 2. The first-order valence-electron chi connectivity index (χ1n) is 4.66. The minimum atomic E-state index is -0.421. The van der Waals surface area contributed by atoms with E-state index in [-0.39, 0.29) is 5.82 Å². The van der Waals surface area contributed by atoms with Crippen LogP contribution in [0.25, 0.3) is 11.0 Å². The van der Waals surface area contributed by atoms with E-state index in [4.69, 9.17) is 10.2 Å². The van der Waals surface area contributed by atoms with Crippen molar-refractivity contribution >= 4 is 11.0 Å². The van der Waals surface area contributed by atoms with Crippen molar-refractivity contribution in [3.63, 3.8) is 0 Å².